The molecule has 0 amide bonds. The average Bonchev–Trinajstić information content (AvgIpc) is 3.09. The van der Waals surface area contributed by atoms with Gasteiger partial charge in [-0.05, 0) is 18.0 Å². The number of ether oxygens (including phenoxy) is 1. The van der Waals surface area contributed by atoms with Crippen LogP contribution in [-0.2, 0) is 4.74 Å². The highest BCUT2D eigenvalue weighted by molar-refractivity contribution is 6.28. The zero-order valence-electron chi connectivity index (χ0n) is 10.4. The number of aromatic nitrogens is 5. The highest BCUT2D eigenvalue weighted by atomic mass is 35.5. The number of rotatable bonds is 3. The largest absolute Gasteiger partial charge is 0.380 e. The summed E-state index contributed by atoms with van der Waals surface area (Å²) >= 11 is 5.96. The van der Waals surface area contributed by atoms with Crippen molar-refractivity contribution in [3.8, 4) is 5.95 Å². The Morgan fingerprint density at radius 3 is 2.84 bits per heavy atom. The number of hydrogen-bond donors (Lipinski definition) is 0. The van der Waals surface area contributed by atoms with E-state index in [1.807, 2.05) is 4.90 Å². The average molecular weight is 281 g/mol. The predicted molar refractivity (Wildman–Crippen MR) is 69.6 cm³/mol. The van der Waals surface area contributed by atoms with Crippen molar-refractivity contribution in [2.75, 3.05) is 25.1 Å². The molecule has 1 unspecified atom stereocenters. The molecular formula is C11H13ClN6O. The van der Waals surface area contributed by atoms with E-state index in [1.54, 1.807) is 30.4 Å². The van der Waals surface area contributed by atoms with Crippen molar-refractivity contribution in [1.82, 2.24) is 24.5 Å². The minimum atomic E-state index is 0.176. The van der Waals surface area contributed by atoms with Gasteiger partial charge in [0.15, 0.2) is 0 Å². The smallest absolute Gasteiger partial charge is 0.241 e. The van der Waals surface area contributed by atoms with Crippen LogP contribution in [0.1, 0.15) is 6.42 Å². The van der Waals surface area contributed by atoms with Crippen molar-refractivity contribution in [1.29, 1.82) is 0 Å². The first-order valence-electron chi connectivity index (χ1n) is 5.94. The number of hydrogen-bond acceptors (Lipinski definition) is 6. The molecule has 7 nitrogen and oxygen atoms in total. The molecule has 100 valence electrons. The van der Waals surface area contributed by atoms with Gasteiger partial charge in [-0.25, -0.2) is 4.98 Å². The maximum absolute atomic E-state index is 5.96. The molecule has 0 saturated carbocycles. The molecule has 8 heteroatoms. The molecule has 3 heterocycles. The van der Waals surface area contributed by atoms with Crippen LogP contribution in [0.4, 0.5) is 5.95 Å². The Hall–Kier alpha value is -1.73. The van der Waals surface area contributed by atoms with Crippen LogP contribution in [0.3, 0.4) is 0 Å². The third-order valence-electron chi connectivity index (χ3n) is 3.08. The van der Waals surface area contributed by atoms with Crippen LogP contribution >= 0.6 is 11.6 Å². The minimum Gasteiger partial charge on any atom is -0.380 e. The van der Waals surface area contributed by atoms with E-state index in [0.29, 0.717) is 11.9 Å². The Bertz CT molecular complexity index is 560. The second-order valence-electron chi connectivity index (χ2n) is 4.27. The molecule has 1 aliphatic heterocycles. The first kappa shape index (κ1) is 12.3. The fourth-order valence-corrected chi connectivity index (χ4v) is 2.22. The highest BCUT2D eigenvalue weighted by Crippen LogP contribution is 2.19. The van der Waals surface area contributed by atoms with Gasteiger partial charge in [0, 0.05) is 32.6 Å². The van der Waals surface area contributed by atoms with E-state index in [0.717, 1.165) is 19.5 Å². The molecule has 1 saturated heterocycles. The van der Waals surface area contributed by atoms with Crippen LogP contribution in [0.25, 0.3) is 5.95 Å². The standard InChI is InChI=1S/C11H13ClN6O/c1-19-8-2-4-17(6-8)10-14-9(12)15-11(16-10)18-5-3-13-7-18/h3,5,7-8H,2,4,6H2,1H3. The maximum Gasteiger partial charge on any atom is 0.241 e. The van der Waals surface area contributed by atoms with Gasteiger partial charge >= 0.3 is 0 Å². The fourth-order valence-electron chi connectivity index (χ4n) is 2.07. The van der Waals surface area contributed by atoms with Crippen LogP contribution in [-0.4, -0.2) is 50.8 Å². The van der Waals surface area contributed by atoms with Gasteiger partial charge in [0.2, 0.25) is 17.2 Å². The summed E-state index contributed by atoms with van der Waals surface area (Å²) in [6, 6.07) is 0. The Kier molecular flexibility index (Phi) is 3.31. The van der Waals surface area contributed by atoms with Gasteiger partial charge in [0.1, 0.15) is 6.33 Å². The lowest BCUT2D eigenvalue weighted by atomic mass is 10.3. The van der Waals surface area contributed by atoms with Crippen molar-refractivity contribution >= 4 is 17.5 Å². The van der Waals surface area contributed by atoms with Gasteiger partial charge in [-0.2, -0.15) is 15.0 Å². The normalized spacial score (nSPS) is 19.1. The first-order chi connectivity index (χ1) is 9.26. The van der Waals surface area contributed by atoms with Crippen molar-refractivity contribution in [3.63, 3.8) is 0 Å². The monoisotopic (exact) mass is 280 g/mol. The SMILES string of the molecule is COC1CCN(c2nc(Cl)nc(-n3ccnc3)n2)C1. The molecule has 3 rings (SSSR count). The van der Waals surface area contributed by atoms with Crippen LogP contribution in [0, 0.1) is 0 Å². The van der Waals surface area contributed by atoms with Gasteiger partial charge in [0.05, 0.1) is 6.10 Å². The molecule has 19 heavy (non-hydrogen) atoms. The summed E-state index contributed by atoms with van der Waals surface area (Å²) in [6.45, 7) is 1.61. The summed E-state index contributed by atoms with van der Waals surface area (Å²) in [5.74, 6) is 1.04. The minimum absolute atomic E-state index is 0.176. The third-order valence-corrected chi connectivity index (χ3v) is 3.25. The molecule has 2 aromatic rings. The molecule has 1 atom stereocenters. The highest BCUT2D eigenvalue weighted by Gasteiger charge is 2.25. The van der Waals surface area contributed by atoms with Crippen molar-refractivity contribution in [2.24, 2.45) is 0 Å². The van der Waals surface area contributed by atoms with Gasteiger partial charge < -0.3 is 9.64 Å². The molecule has 1 aliphatic rings. The molecule has 0 aliphatic carbocycles. The number of methoxy groups -OCH3 is 1. The zero-order valence-corrected chi connectivity index (χ0v) is 11.2. The van der Waals surface area contributed by atoms with Gasteiger partial charge in [-0.3, -0.25) is 4.57 Å². The van der Waals surface area contributed by atoms with E-state index in [9.17, 15) is 0 Å². The molecule has 0 N–H and O–H groups in total. The predicted octanol–water partition coefficient (Wildman–Crippen LogP) is 0.936. The lowest BCUT2D eigenvalue weighted by Gasteiger charge is -2.16. The van der Waals surface area contributed by atoms with Crippen molar-refractivity contribution < 1.29 is 4.74 Å². The Balaban J connectivity index is 1.90. The summed E-state index contributed by atoms with van der Waals surface area (Å²) < 4.78 is 7.03. The summed E-state index contributed by atoms with van der Waals surface area (Å²) in [5, 5.41) is 0.176. The number of anilines is 1. The van der Waals surface area contributed by atoms with Crippen LogP contribution in [0.5, 0.6) is 0 Å². The maximum atomic E-state index is 5.96. The van der Waals surface area contributed by atoms with E-state index >= 15 is 0 Å². The number of halogens is 1. The Labute approximate surface area is 115 Å². The molecule has 0 radical (unpaired) electrons. The molecule has 0 spiro atoms. The molecule has 1 fully saturated rings. The van der Waals surface area contributed by atoms with E-state index in [4.69, 9.17) is 16.3 Å². The van der Waals surface area contributed by atoms with E-state index in [1.165, 1.54) is 0 Å². The lowest BCUT2D eigenvalue weighted by Crippen LogP contribution is -2.25. The van der Waals surface area contributed by atoms with Gasteiger partial charge in [-0.15, -0.1) is 0 Å². The summed E-state index contributed by atoms with van der Waals surface area (Å²) in [7, 11) is 1.71. The van der Waals surface area contributed by atoms with Gasteiger partial charge in [0.25, 0.3) is 0 Å². The second kappa shape index (κ2) is 5.10. The van der Waals surface area contributed by atoms with Crippen LogP contribution in [0.15, 0.2) is 18.7 Å². The topological polar surface area (TPSA) is 69.0 Å². The Morgan fingerprint density at radius 1 is 1.32 bits per heavy atom. The van der Waals surface area contributed by atoms with Crippen molar-refractivity contribution in [3.05, 3.63) is 24.0 Å². The molecule has 0 bridgehead atoms. The van der Waals surface area contributed by atoms with Crippen molar-refractivity contribution in [2.45, 2.75) is 12.5 Å². The van der Waals surface area contributed by atoms with E-state index in [-0.39, 0.29) is 11.4 Å². The first-order valence-corrected chi connectivity index (χ1v) is 6.31. The lowest BCUT2D eigenvalue weighted by molar-refractivity contribution is 0.121. The van der Waals surface area contributed by atoms with Gasteiger partial charge in [-0.1, -0.05) is 0 Å². The van der Waals surface area contributed by atoms with E-state index < -0.39 is 0 Å². The molecule has 0 aromatic carbocycles. The fraction of sp³-hybridized carbons (Fsp3) is 0.455. The Morgan fingerprint density at radius 2 is 2.16 bits per heavy atom. The second-order valence-corrected chi connectivity index (χ2v) is 4.60. The summed E-state index contributed by atoms with van der Waals surface area (Å²) in [4.78, 5) is 18.7. The number of imidazole rings is 1. The molecule has 2 aromatic heterocycles. The van der Waals surface area contributed by atoms with E-state index in [2.05, 4.69) is 19.9 Å². The summed E-state index contributed by atoms with van der Waals surface area (Å²) in [5.41, 5.74) is 0. The third kappa shape index (κ3) is 2.52. The van der Waals surface area contributed by atoms with Crippen LogP contribution in [0.2, 0.25) is 5.28 Å². The summed E-state index contributed by atoms with van der Waals surface area (Å²) in [6.07, 6.45) is 6.22. The van der Waals surface area contributed by atoms with Crippen LogP contribution < -0.4 is 4.90 Å². The number of nitrogens with zero attached hydrogens (tertiary/aromatic N) is 6. The quantitative estimate of drug-likeness (QED) is 0.833. The molecular weight excluding hydrogens is 268 g/mol. The zero-order chi connectivity index (χ0) is 13.2.